The van der Waals surface area contributed by atoms with Gasteiger partial charge in [0.25, 0.3) is 0 Å². The van der Waals surface area contributed by atoms with E-state index in [1.807, 2.05) is 42.1 Å². The summed E-state index contributed by atoms with van der Waals surface area (Å²) in [5, 5.41) is 14.4. The van der Waals surface area contributed by atoms with E-state index in [9.17, 15) is 4.79 Å². The van der Waals surface area contributed by atoms with Crippen molar-refractivity contribution < 1.29 is 9.21 Å². The Morgan fingerprint density at radius 2 is 1.96 bits per heavy atom. The molecule has 2 aromatic heterocycles. The van der Waals surface area contributed by atoms with Gasteiger partial charge in [-0.2, -0.15) is 11.3 Å². The number of nitrogens with zero attached hydrogens (tertiary/aromatic N) is 3. The summed E-state index contributed by atoms with van der Waals surface area (Å²) in [5.41, 5.74) is 2.06. The third-order valence-electron chi connectivity index (χ3n) is 4.50. The lowest BCUT2D eigenvalue weighted by Crippen LogP contribution is -2.26. The van der Waals surface area contributed by atoms with Gasteiger partial charge in [-0.25, -0.2) is 0 Å². The molecule has 0 aliphatic heterocycles. The van der Waals surface area contributed by atoms with Crippen LogP contribution < -0.4 is 0 Å². The highest BCUT2D eigenvalue weighted by Gasteiger charge is 2.14. The number of rotatable bonds is 6. The molecule has 0 aliphatic rings. The summed E-state index contributed by atoms with van der Waals surface area (Å²) >= 11 is 1.58. The average molecular weight is 377 g/mol. The molecule has 1 amide bonds. The van der Waals surface area contributed by atoms with Crippen molar-refractivity contribution in [3.05, 3.63) is 70.7 Å². The van der Waals surface area contributed by atoms with Crippen LogP contribution in [0.25, 0.3) is 22.2 Å². The molecule has 0 N–H and O–H groups in total. The Hall–Kier alpha value is -2.99. The molecule has 4 rings (SSSR count). The average Bonchev–Trinajstić information content (AvgIpc) is 3.38. The number of thiophene rings is 1. The van der Waals surface area contributed by atoms with Crippen LogP contribution >= 0.6 is 11.3 Å². The summed E-state index contributed by atoms with van der Waals surface area (Å²) in [4.78, 5) is 14.3. The maximum atomic E-state index is 12.5. The molecule has 6 heteroatoms. The van der Waals surface area contributed by atoms with E-state index < -0.39 is 0 Å². The van der Waals surface area contributed by atoms with Crippen molar-refractivity contribution in [2.24, 2.45) is 0 Å². The molecular formula is C21H19N3O2S. The van der Waals surface area contributed by atoms with Gasteiger partial charge in [0.2, 0.25) is 17.7 Å². The fraction of sp³-hybridized carbons (Fsp3) is 0.190. The number of carbonyl (C=O) groups excluding carboxylic acids is 1. The van der Waals surface area contributed by atoms with Crippen molar-refractivity contribution >= 4 is 28.0 Å². The molecule has 2 heterocycles. The number of benzene rings is 2. The second-order valence-electron chi connectivity index (χ2n) is 6.40. The van der Waals surface area contributed by atoms with Gasteiger partial charge in [0.05, 0.1) is 0 Å². The Labute approximate surface area is 161 Å². The van der Waals surface area contributed by atoms with Crippen molar-refractivity contribution in [1.29, 1.82) is 0 Å². The van der Waals surface area contributed by atoms with E-state index in [4.69, 9.17) is 4.42 Å². The van der Waals surface area contributed by atoms with Gasteiger partial charge in [0.15, 0.2) is 0 Å². The van der Waals surface area contributed by atoms with Crippen LogP contribution in [0.1, 0.15) is 17.9 Å². The van der Waals surface area contributed by atoms with E-state index in [2.05, 4.69) is 34.5 Å². The third-order valence-corrected chi connectivity index (χ3v) is 5.18. The highest BCUT2D eigenvalue weighted by atomic mass is 32.1. The standard InChI is InChI=1S/C21H19N3O2S/c1-24(13-16-7-4-6-15-5-2-3-8-18(15)16)20(25)10-9-19-22-23-21(26-19)17-11-12-27-14-17/h2-8,11-12,14H,9-10,13H2,1H3. The first-order valence-electron chi connectivity index (χ1n) is 8.76. The largest absolute Gasteiger partial charge is 0.421 e. The van der Waals surface area contributed by atoms with Crippen LogP contribution in [-0.2, 0) is 17.8 Å². The van der Waals surface area contributed by atoms with Crippen molar-refractivity contribution in [2.75, 3.05) is 7.05 Å². The third kappa shape index (κ3) is 3.90. The molecule has 27 heavy (non-hydrogen) atoms. The van der Waals surface area contributed by atoms with Gasteiger partial charge in [0.1, 0.15) is 0 Å². The number of fused-ring (bicyclic) bond motifs is 1. The molecule has 0 spiro atoms. The highest BCUT2D eigenvalue weighted by Crippen LogP contribution is 2.22. The quantitative estimate of drug-likeness (QED) is 0.495. The minimum absolute atomic E-state index is 0.0539. The summed E-state index contributed by atoms with van der Waals surface area (Å²) in [6.07, 6.45) is 0.780. The normalized spacial score (nSPS) is 11.0. The molecule has 0 atom stereocenters. The lowest BCUT2D eigenvalue weighted by atomic mass is 10.0. The Kier molecular flexibility index (Phi) is 4.98. The zero-order valence-corrected chi connectivity index (χ0v) is 15.8. The van der Waals surface area contributed by atoms with Crippen molar-refractivity contribution in [3.8, 4) is 11.5 Å². The number of amides is 1. The lowest BCUT2D eigenvalue weighted by Gasteiger charge is -2.18. The van der Waals surface area contributed by atoms with Crippen LogP contribution in [0.5, 0.6) is 0 Å². The van der Waals surface area contributed by atoms with Crippen LogP contribution in [0.15, 0.2) is 63.7 Å². The zero-order chi connectivity index (χ0) is 18.6. The first kappa shape index (κ1) is 17.4. The Morgan fingerprint density at radius 1 is 1.11 bits per heavy atom. The summed E-state index contributed by atoms with van der Waals surface area (Å²) < 4.78 is 5.65. The fourth-order valence-electron chi connectivity index (χ4n) is 3.04. The molecule has 0 radical (unpaired) electrons. The first-order valence-corrected chi connectivity index (χ1v) is 9.70. The van der Waals surface area contributed by atoms with Crippen molar-refractivity contribution in [1.82, 2.24) is 15.1 Å². The van der Waals surface area contributed by atoms with Crippen LogP contribution in [0.2, 0.25) is 0 Å². The first-order chi connectivity index (χ1) is 13.2. The van der Waals surface area contributed by atoms with Crippen LogP contribution in [-0.4, -0.2) is 28.1 Å². The summed E-state index contributed by atoms with van der Waals surface area (Å²) in [5.74, 6) is 1.05. The molecule has 0 saturated heterocycles. The molecule has 0 saturated carbocycles. The van der Waals surface area contributed by atoms with E-state index in [0.29, 0.717) is 31.2 Å². The van der Waals surface area contributed by atoms with Gasteiger partial charge in [0, 0.05) is 37.4 Å². The van der Waals surface area contributed by atoms with Gasteiger partial charge >= 0.3 is 0 Å². The smallest absolute Gasteiger partial charge is 0.248 e. The number of aromatic nitrogens is 2. The lowest BCUT2D eigenvalue weighted by molar-refractivity contribution is -0.130. The van der Waals surface area contributed by atoms with Gasteiger partial charge in [-0.1, -0.05) is 42.5 Å². The molecule has 2 aromatic carbocycles. The molecule has 136 valence electrons. The summed E-state index contributed by atoms with van der Waals surface area (Å²) in [6.45, 7) is 0.574. The topological polar surface area (TPSA) is 59.2 Å². The molecule has 4 aromatic rings. The minimum atomic E-state index is 0.0539. The number of hydrogen-bond donors (Lipinski definition) is 0. The Morgan fingerprint density at radius 3 is 2.81 bits per heavy atom. The second-order valence-corrected chi connectivity index (χ2v) is 7.18. The zero-order valence-electron chi connectivity index (χ0n) is 15.0. The van der Waals surface area contributed by atoms with E-state index in [-0.39, 0.29) is 5.91 Å². The van der Waals surface area contributed by atoms with E-state index in [1.54, 1.807) is 16.2 Å². The summed E-state index contributed by atoms with van der Waals surface area (Å²) in [7, 11) is 1.83. The van der Waals surface area contributed by atoms with Gasteiger partial charge in [-0.3, -0.25) is 4.79 Å². The van der Waals surface area contributed by atoms with Crippen molar-refractivity contribution in [2.45, 2.75) is 19.4 Å². The van der Waals surface area contributed by atoms with E-state index in [0.717, 1.165) is 11.1 Å². The van der Waals surface area contributed by atoms with Crippen LogP contribution in [0.4, 0.5) is 0 Å². The number of carbonyl (C=O) groups is 1. The molecule has 0 bridgehead atoms. The van der Waals surface area contributed by atoms with E-state index in [1.165, 1.54) is 10.8 Å². The van der Waals surface area contributed by atoms with Gasteiger partial charge in [-0.15, -0.1) is 10.2 Å². The Balaban J connectivity index is 1.38. The minimum Gasteiger partial charge on any atom is -0.421 e. The predicted molar refractivity (Wildman–Crippen MR) is 106 cm³/mol. The highest BCUT2D eigenvalue weighted by molar-refractivity contribution is 7.08. The van der Waals surface area contributed by atoms with Crippen molar-refractivity contribution in [3.63, 3.8) is 0 Å². The van der Waals surface area contributed by atoms with E-state index >= 15 is 0 Å². The SMILES string of the molecule is CN(Cc1cccc2ccccc12)C(=O)CCc1nnc(-c2ccsc2)o1. The predicted octanol–water partition coefficient (Wildman–Crippen LogP) is 4.54. The maximum absolute atomic E-state index is 12.5. The number of hydrogen-bond acceptors (Lipinski definition) is 5. The second kappa shape index (κ2) is 7.72. The van der Waals surface area contributed by atoms with Gasteiger partial charge < -0.3 is 9.32 Å². The fourth-order valence-corrected chi connectivity index (χ4v) is 3.67. The molecule has 5 nitrogen and oxygen atoms in total. The monoisotopic (exact) mass is 377 g/mol. The van der Waals surface area contributed by atoms with Crippen LogP contribution in [0, 0.1) is 0 Å². The summed E-state index contributed by atoms with van der Waals surface area (Å²) in [6, 6.07) is 16.3. The maximum Gasteiger partial charge on any atom is 0.248 e. The molecule has 0 unspecified atom stereocenters. The number of aryl methyl sites for hydroxylation is 1. The molecule has 0 aliphatic carbocycles. The molecule has 0 fully saturated rings. The molecular weight excluding hydrogens is 358 g/mol. The van der Waals surface area contributed by atoms with Gasteiger partial charge in [-0.05, 0) is 27.8 Å². The Bertz CT molecular complexity index is 1050. The van der Waals surface area contributed by atoms with Crippen LogP contribution in [0.3, 0.4) is 0 Å².